The summed E-state index contributed by atoms with van der Waals surface area (Å²) in [5, 5.41) is 0. The van der Waals surface area contributed by atoms with Crippen molar-refractivity contribution in [1.29, 1.82) is 0 Å². The van der Waals surface area contributed by atoms with Crippen molar-refractivity contribution in [2.75, 3.05) is 7.11 Å². The summed E-state index contributed by atoms with van der Waals surface area (Å²) in [7, 11) is 1.58. The molecule has 0 aromatic heterocycles. The van der Waals surface area contributed by atoms with E-state index in [0.29, 0.717) is 21.5 Å². The quantitative estimate of drug-likeness (QED) is 0.450. The molecule has 0 unspecified atom stereocenters. The van der Waals surface area contributed by atoms with Gasteiger partial charge >= 0.3 is 5.97 Å². The third-order valence-corrected chi connectivity index (χ3v) is 4.45. The maximum atomic E-state index is 12.4. The number of carbonyl (C=O) groups is 1. The predicted octanol–water partition coefficient (Wildman–Crippen LogP) is 5.74. The molecule has 2 aromatic rings. The molecule has 0 bridgehead atoms. The van der Waals surface area contributed by atoms with Gasteiger partial charge in [-0.2, -0.15) is 0 Å². The van der Waals surface area contributed by atoms with Crippen molar-refractivity contribution < 1.29 is 14.3 Å². The van der Waals surface area contributed by atoms with E-state index in [2.05, 4.69) is 52.6 Å². The number of hydrogen-bond acceptors (Lipinski definition) is 3. The van der Waals surface area contributed by atoms with Crippen LogP contribution in [0.2, 0.25) is 0 Å². The molecule has 23 heavy (non-hydrogen) atoms. The molecule has 2 aromatic carbocycles. The highest BCUT2D eigenvalue weighted by molar-refractivity contribution is 9.10. The van der Waals surface area contributed by atoms with E-state index in [1.807, 2.05) is 12.1 Å². The van der Waals surface area contributed by atoms with Crippen LogP contribution in [-0.4, -0.2) is 13.1 Å². The molecule has 0 spiro atoms. The van der Waals surface area contributed by atoms with E-state index in [1.165, 1.54) is 0 Å². The number of hydrogen-bond donors (Lipinski definition) is 0. The molecule has 0 saturated heterocycles. The topological polar surface area (TPSA) is 35.5 Å². The molecule has 0 heterocycles. The first-order valence-corrected chi connectivity index (χ1v) is 8.66. The van der Waals surface area contributed by atoms with Crippen LogP contribution in [0.15, 0.2) is 45.3 Å². The molecule has 122 valence electrons. The molecule has 2 rings (SSSR count). The van der Waals surface area contributed by atoms with Crippen LogP contribution in [0.4, 0.5) is 0 Å². The molecular formula is C18H18Br2O3. The summed E-state index contributed by atoms with van der Waals surface area (Å²) in [6.45, 7) is 6.24. The summed E-state index contributed by atoms with van der Waals surface area (Å²) in [5.74, 6) is 0.833. The van der Waals surface area contributed by atoms with Crippen molar-refractivity contribution in [2.45, 2.75) is 26.2 Å². The first-order valence-electron chi connectivity index (χ1n) is 7.08. The summed E-state index contributed by atoms with van der Waals surface area (Å²) >= 11 is 6.84. The second-order valence-corrected chi connectivity index (χ2v) is 7.90. The number of ether oxygens (including phenoxy) is 2. The highest BCUT2D eigenvalue weighted by Crippen LogP contribution is 2.34. The van der Waals surface area contributed by atoms with Gasteiger partial charge in [-0.1, -0.05) is 36.7 Å². The Balaban J connectivity index is 2.32. The normalized spacial score (nSPS) is 11.2. The Morgan fingerprint density at radius 1 is 1.00 bits per heavy atom. The van der Waals surface area contributed by atoms with Crippen LogP contribution in [0.1, 0.15) is 36.7 Å². The van der Waals surface area contributed by atoms with Gasteiger partial charge in [-0.25, -0.2) is 4.79 Å². The van der Waals surface area contributed by atoms with Crippen molar-refractivity contribution >= 4 is 37.8 Å². The molecule has 0 aliphatic carbocycles. The molecule has 3 nitrogen and oxygen atoms in total. The van der Waals surface area contributed by atoms with Crippen LogP contribution in [0.5, 0.6) is 11.5 Å². The molecule has 5 heteroatoms. The van der Waals surface area contributed by atoms with E-state index in [0.717, 1.165) is 10.0 Å². The second kappa shape index (κ2) is 7.05. The minimum atomic E-state index is -0.402. The minimum absolute atomic E-state index is 0.139. The third-order valence-electron chi connectivity index (χ3n) is 3.34. The van der Waals surface area contributed by atoms with Crippen molar-refractivity contribution in [3.05, 3.63) is 56.5 Å². The zero-order valence-corrected chi connectivity index (χ0v) is 16.6. The molecule has 0 aliphatic heterocycles. The van der Waals surface area contributed by atoms with Gasteiger partial charge in [-0.3, -0.25) is 0 Å². The fourth-order valence-corrected chi connectivity index (χ4v) is 3.03. The van der Waals surface area contributed by atoms with Crippen LogP contribution < -0.4 is 9.47 Å². The standard InChI is InChI=1S/C18H18Br2O3/c1-18(2,3)13-10-12(19)6-8-15(13)23-17(21)11-5-7-16(22-4)14(20)9-11/h5-10H,1-4H3. The Hall–Kier alpha value is -1.33. The average Bonchev–Trinajstić information content (AvgIpc) is 2.47. The van der Waals surface area contributed by atoms with Crippen LogP contribution in [0.25, 0.3) is 0 Å². The van der Waals surface area contributed by atoms with Crippen molar-refractivity contribution in [3.63, 3.8) is 0 Å². The molecular weight excluding hydrogens is 424 g/mol. The van der Waals surface area contributed by atoms with E-state index in [4.69, 9.17) is 9.47 Å². The Bertz CT molecular complexity index is 734. The van der Waals surface area contributed by atoms with Gasteiger partial charge in [-0.15, -0.1) is 0 Å². The predicted molar refractivity (Wildman–Crippen MR) is 98.5 cm³/mol. The zero-order chi connectivity index (χ0) is 17.2. The van der Waals surface area contributed by atoms with Crippen molar-refractivity contribution in [3.8, 4) is 11.5 Å². The number of rotatable bonds is 3. The number of benzene rings is 2. The minimum Gasteiger partial charge on any atom is -0.496 e. The first kappa shape index (κ1) is 18.0. The lowest BCUT2D eigenvalue weighted by atomic mass is 9.86. The molecule has 0 aliphatic rings. The highest BCUT2D eigenvalue weighted by atomic mass is 79.9. The van der Waals surface area contributed by atoms with E-state index in [1.54, 1.807) is 31.4 Å². The molecule has 0 N–H and O–H groups in total. The monoisotopic (exact) mass is 440 g/mol. The Labute approximate surface area is 153 Å². The van der Waals surface area contributed by atoms with Gasteiger partial charge in [0.2, 0.25) is 0 Å². The maximum absolute atomic E-state index is 12.4. The third kappa shape index (κ3) is 4.36. The van der Waals surface area contributed by atoms with Crippen LogP contribution in [-0.2, 0) is 5.41 Å². The van der Waals surface area contributed by atoms with Crippen molar-refractivity contribution in [2.24, 2.45) is 0 Å². The Kier molecular flexibility index (Phi) is 5.53. The van der Waals surface area contributed by atoms with Gasteiger partial charge in [0.1, 0.15) is 11.5 Å². The largest absolute Gasteiger partial charge is 0.496 e. The molecule has 0 radical (unpaired) electrons. The molecule has 0 amide bonds. The summed E-state index contributed by atoms with van der Waals surface area (Å²) < 4.78 is 12.5. The van der Waals surface area contributed by atoms with Gasteiger partial charge in [0.05, 0.1) is 17.1 Å². The van der Waals surface area contributed by atoms with Gasteiger partial charge < -0.3 is 9.47 Å². The highest BCUT2D eigenvalue weighted by Gasteiger charge is 2.21. The fourth-order valence-electron chi connectivity index (χ4n) is 2.13. The van der Waals surface area contributed by atoms with Gasteiger partial charge in [-0.05, 0) is 57.7 Å². The van der Waals surface area contributed by atoms with Crippen LogP contribution in [0, 0.1) is 0 Å². The summed E-state index contributed by atoms with van der Waals surface area (Å²) in [5.41, 5.74) is 1.29. The van der Waals surface area contributed by atoms with Crippen LogP contribution >= 0.6 is 31.9 Å². The lowest BCUT2D eigenvalue weighted by molar-refractivity contribution is 0.0731. The summed E-state index contributed by atoms with van der Waals surface area (Å²) in [6, 6.07) is 10.8. The van der Waals surface area contributed by atoms with Gasteiger partial charge in [0.25, 0.3) is 0 Å². The second-order valence-electron chi connectivity index (χ2n) is 6.13. The number of halogens is 2. The zero-order valence-electron chi connectivity index (χ0n) is 13.4. The van der Waals surface area contributed by atoms with Gasteiger partial charge in [0, 0.05) is 10.0 Å². The van der Waals surface area contributed by atoms with E-state index < -0.39 is 5.97 Å². The van der Waals surface area contributed by atoms with E-state index in [-0.39, 0.29) is 5.41 Å². The Morgan fingerprint density at radius 2 is 1.65 bits per heavy atom. The number of methoxy groups -OCH3 is 1. The first-order chi connectivity index (χ1) is 10.7. The SMILES string of the molecule is COc1ccc(C(=O)Oc2ccc(Br)cc2C(C)(C)C)cc1Br. The summed E-state index contributed by atoms with van der Waals surface area (Å²) in [4.78, 5) is 12.4. The smallest absolute Gasteiger partial charge is 0.343 e. The summed E-state index contributed by atoms with van der Waals surface area (Å²) in [6.07, 6.45) is 0. The fraction of sp³-hybridized carbons (Fsp3) is 0.278. The van der Waals surface area contributed by atoms with E-state index in [9.17, 15) is 4.79 Å². The Morgan fingerprint density at radius 3 is 2.22 bits per heavy atom. The molecule has 0 atom stereocenters. The van der Waals surface area contributed by atoms with Crippen LogP contribution in [0.3, 0.4) is 0 Å². The average molecular weight is 442 g/mol. The molecule has 0 saturated carbocycles. The molecule has 0 fully saturated rings. The number of esters is 1. The lowest BCUT2D eigenvalue weighted by Crippen LogP contribution is -2.16. The van der Waals surface area contributed by atoms with E-state index >= 15 is 0 Å². The van der Waals surface area contributed by atoms with Gasteiger partial charge in [0.15, 0.2) is 0 Å². The maximum Gasteiger partial charge on any atom is 0.343 e. The lowest BCUT2D eigenvalue weighted by Gasteiger charge is -2.22. The van der Waals surface area contributed by atoms with Crippen molar-refractivity contribution in [1.82, 2.24) is 0 Å². The number of carbonyl (C=O) groups excluding carboxylic acids is 1.